The van der Waals surface area contributed by atoms with E-state index in [4.69, 9.17) is 22.1 Å². The van der Waals surface area contributed by atoms with Crippen LogP contribution in [-0.4, -0.2) is 32.2 Å². The molecule has 152 valence electrons. The second kappa shape index (κ2) is 10.1. The van der Waals surface area contributed by atoms with Gasteiger partial charge in [0.15, 0.2) is 0 Å². The molecule has 3 N–H and O–H groups in total. The number of amides is 1. The third-order valence-corrected chi connectivity index (χ3v) is 6.63. The van der Waals surface area contributed by atoms with E-state index in [9.17, 15) is 4.79 Å². The molecule has 0 atom stereocenters. The molecule has 0 bridgehead atoms. The maximum atomic E-state index is 12.7. The number of rotatable bonds is 6. The summed E-state index contributed by atoms with van der Waals surface area (Å²) in [5.41, 5.74) is 7.15. The molecule has 2 aliphatic rings. The number of hydrogen-bond acceptors (Lipinski definition) is 3. The molecule has 1 saturated carbocycles. The van der Waals surface area contributed by atoms with Crippen molar-refractivity contribution >= 4 is 29.9 Å². The molecule has 3 rings (SSSR count). The van der Waals surface area contributed by atoms with Crippen LogP contribution in [0.1, 0.15) is 56.9 Å². The lowest BCUT2D eigenvalue weighted by atomic mass is 9.71. The zero-order valence-electron chi connectivity index (χ0n) is 16.0. The highest BCUT2D eigenvalue weighted by atomic mass is 35.5. The van der Waals surface area contributed by atoms with Gasteiger partial charge in [-0.25, -0.2) is 0 Å². The van der Waals surface area contributed by atoms with Crippen LogP contribution in [0.25, 0.3) is 0 Å². The summed E-state index contributed by atoms with van der Waals surface area (Å²) < 4.78 is 5.58. The maximum absolute atomic E-state index is 12.7. The highest BCUT2D eigenvalue weighted by Gasteiger charge is 2.37. The fourth-order valence-electron chi connectivity index (χ4n) is 4.57. The Bertz CT molecular complexity index is 612. The Morgan fingerprint density at radius 2 is 1.85 bits per heavy atom. The molecular formula is C21H32Cl2N2O2. The van der Waals surface area contributed by atoms with E-state index in [0.29, 0.717) is 19.5 Å². The van der Waals surface area contributed by atoms with Crippen molar-refractivity contribution in [3.8, 4) is 0 Å². The topological polar surface area (TPSA) is 64.4 Å². The van der Waals surface area contributed by atoms with Gasteiger partial charge >= 0.3 is 0 Å². The number of nitrogens with two attached hydrogens (primary N) is 1. The molecule has 1 aromatic carbocycles. The van der Waals surface area contributed by atoms with E-state index >= 15 is 0 Å². The first-order valence-electron chi connectivity index (χ1n) is 9.88. The van der Waals surface area contributed by atoms with E-state index in [-0.39, 0.29) is 29.1 Å². The number of nitrogens with one attached hydrogen (secondary N) is 1. The van der Waals surface area contributed by atoms with Gasteiger partial charge in [0.25, 0.3) is 0 Å². The Morgan fingerprint density at radius 3 is 2.48 bits per heavy atom. The first-order chi connectivity index (χ1) is 12.6. The van der Waals surface area contributed by atoms with Crippen LogP contribution in [0.15, 0.2) is 24.3 Å². The van der Waals surface area contributed by atoms with E-state index in [2.05, 4.69) is 11.4 Å². The Balaban J connectivity index is 0.00000261. The van der Waals surface area contributed by atoms with Gasteiger partial charge in [-0.2, -0.15) is 0 Å². The second-order valence-corrected chi connectivity index (χ2v) is 8.56. The summed E-state index contributed by atoms with van der Waals surface area (Å²) >= 11 is 6.22. The Labute approximate surface area is 174 Å². The van der Waals surface area contributed by atoms with Crippen molar-refractivity contribution < 1.29 is 9.53 Å². The van der Waals surface area contributed by atoms with Crippen LogP contribution in [0, 0.1) is 5.41 Å². The average molecular weight is 415 g/mol. The lowest BCUT2D eigenvalue weighted by Gasteiger charge is -2.39. The Morgan fingerprint density at radius 1 is 1.15 bits per heavy atom. The van der Waals surface area contributed by atoms with Crippen molar-refractivity contribution in [3.63, 3.8) is 0 Å². The molecule has 1 aliphatic carbocycles. The summed E-state index contributed by atoms with van der Waals surface area (Å²) in [6.45, 7) is 2.67. The van der Waals surface area contributed by atoms with Gasteiger partial charge in [-0.05, 0) is 55.3 Å². The van der Waals surface area contributed by atoms with Gasteiger partial charge in [0.05, 0.1) is 0 Å². The van der Waals surface area contributed by atoms with Gasteiger partial charge in [-0.3, -0.25) is 4.79 Å². The van der Waals surface area contributed by atoms with E-state index in [1.54, 1.807) is 0 Å². The molecular weight excluding hydrogens is 383 g/mol. The van der Waals surface area contributed by atoms with Crippen molar-refractivity contribution in [2.75, 3.05) is 26.3 Å². The Kier molecular flexibility index (Phi) is 8.41. The molecule has 0 unspecified atom stereocenters. The van der Waals surface area contributed by atoms with Gasteiger partial charge in [-0.15, -0.1) is 12.4 Å². The molecule has 1 aliphatic heterocycles. The number of halogens is 2. The summed E-state index contributed by atoms with van der Waals surface area (Å²) in [5, 5.41) is 3.96. The van der Waals surface area contributed by atoms with Crippen LogP contribution >= 0.6 is 24.0 Å². The van der Waals surface area contributed by atoms with Crippen molar-refractivity contribution in [3.05, 3.63) is 34.9 Å². The largest absolute Gasteiger partial charge is 0.381 e. The number of ether oxygens (including phenoxy) is 1. The lowest BCUT2D eigenvalue weighted by molar-refractivity contribution is -0.124. The molecule has 4 nitrogen and oxygen atoms in total. The number of carbonyl (C=O) groups excluding carboxylic acids is 1. The van der Waals surface area contributed by atoms with Gasteiger partial charge < -0.3 is 15.8 Å². The van der Waals surface area contributed by atoms with Crippen molar-refractivity contribution in [2.45, 2.75) is 56.8 Å². The average Bonchev–Trinajstić information content (AvgIpc) is 2.68. The number of benzene rings is 1. The zero-order valence-corrected chi connectivity index (χ0v) is 17.5. The molecule has 1 saturated heterocycles. The third-order valence-electron chi connectivity index (χ3n) is 6.39. The highest BCUT2D eigenvalue weighted by molar-refractivity contribution is 6.30. The third kappa shape index (κ3) is 5.60. The standard InChI is InChI=1S/C21H31ClN2O2.ClH/c22-18-6-4-5-17(13-18)21(9-11-26-12-10-21)16-24-19(25)14-20(15-23)7-2-1-3-8-20;/h4-6,13H,1-3,7-12,14-16,23H2,(H,24,25);1H. The molecule has 27 heavy (non-hydrogen) atoms. The van der Waals surface area contributed by atoms with Crippen LogP contribution < -0.4 is 11.1 Å². The summed E-state index contributed by atoms with van der Waals surface area (Å²) in [6.07, 6.45) is 8.13. The van der Waals surface area contributed by atoms with E-state index in [1.807, 2.05) is 18.2 Å². The van der Waals surface area contributed by atoms with Gasteiger partial charge in [-0.1, -0.05) is 43.0 Å². The zero-order chi connectivity index (χ0) is 18.5. The minimum absolute atomic E-state index is 0. The van der Waals surface area contributed by atoms with Crippen LogP contribution in [0.4, 0.5) is 0 Å². The van der Waals surface area contributed by atoms with Gasteiger partial charge in [0.1, 0.15) is 0 Å². The summed E-state index contributed by atoms with van der Waals surface area (Å²) in [4.78, 5) is 12.7. The minimum atomic E-state index is -0.0960. The molecule has 6 heteroatoms. The van der Waals surface area contributed by atoms with E-state index in [1.165, 1.54) is 24.8 Å². The monoisotopic (exact) mass is 414 g/mol. The van der Waals surface area contributed by atoms with Crippen LogP contribution in [0.2, 0.25) is 5.02 Å². The van der Waals surface area contributed by atoms with Crippen molar-refractivity contribution in [2.24, 2.45) is 11.1 Å². The van der Waals surface area contributed by atoms with Crippen molar-refractivity contribution in [1.82, 2.24) is 5.32 Å². The summed E-state index contributed by atoms with van der Waals surface area (Å²) in [6, 6.07) is 8.03. The smallest absolute Gasteiger partial charge is 0.220 e. The summed E-state index contributed by atoms with van der Waals surface area (Å²) in [5.74, 6) is 0.130. The molecule has 2 fully saturated rings. The fraction of sp³-hybridized carbons (Fsp3) is 0.667. The normalized spacial score (nSPS) is 21.1. The minimum Gasteiger partial charge on any atom is -0.381 e. The molecule has 0 spiro atoms. The van der Waals surface area contributed by atoms with Gasteiger partial charge in [0.2, 0.25) is 5.91 Å². The number of carbonyl (C=O) groups is 1. The molecule has 0 radical (unpaired) electrons. The first kappa shape index (κ1) is 22.5. The van der Waals surface area contributed by atoms with E-state index in [0.717, 1.165) is 43.9 Å². The lowest BCUT2D eigenvalue weighted by Crippen LogP contribution is -2.46. The molecule has 1 heterocycles. The first-order valence-corrected chi connectivity index (χ1v) is 10.3. The van der Waals surface area contributed by atoms with Crippen molar-refractivity contribution in [1.29, 1.82) is 0 Å². The molecule has 1 aromatic rings. The summed E-state index contributed by atoms with van der Waals surface area (Å²) in [7, 11) is 0. The predicted octanol–water partition coefficient (Wildman–Crippen LogP) is 4.23. The quantitative estimate of drug-likeness (QED) is 0.731. The highest BCUT2D eigenvalue weighted by Crippen LogP contribution is 2.39. The maximum Gasteiger partial charge on any atom is 0.220 e. The SMILES string of the molecule is Cl.NCC1(CC(=O)NCC2(c3cccc(Cl)c3)CCOCC2)CCCCC1. The van der Waals surface area contributed by atoms with Crippen LogP contribution in [0.3, 0.4) is 0 Å². The molecule has 1 amide bonds. The number of hydrogen-bond donors (Lipinski definition) is 2. The van der Waals surface area contributed by atoms with E-state index < -0.39 is 0 Å². The fourth-order valence-corrected chi connectivity index (χ4v) is 4.76. The Hall–Kier alpha value is -0.810. The van der Waals surface area contributed by atoms with Gasteiger partial charge in [0, 0.05) is 36.6 Å². The van der Waals surface area contributed by atoms with Crippen LogP contribution in [0.5, 0.6) is 0 Å². The second-order valence-electron chi connectivity index (χ2n) is 8.12. The molecule has 0 aromatic heterocycles. The predicted molar refractivity (Wildman–Crippen MR) is 113 cm³/mol. The van der Waals surface area contributed by atoms with Crippen LogP contribution in [-0.2, 0) is 14.9 Å².